The molecular weight excluding hydrogens is 697 g/mol. The first-order valence-electron chi connectivity index (χ1n) is 24.2. The molecule has 0 rings (SSSR count). The Balaban J connectivity index is 0. The molecule has 1 N–H and O–H groups in total. The molecule has 0 aromatic rings. The molecule has 0 atom stereocenters. The summed E-state index contributed by atoms with van der Waals surface area (Å²) in [6, 6.07) is 0. The molecule has 1 amide bonds. The molecule has 7 nitrogen and oxygen atoms in total. The van der Waals surface area contributed by atoms with Crippen LogP contribution in [0, 0.1) is 0 Å². The van der Waals surface area contributed by atoms with Crippen LogP contribution in [0.25, 0.3) is 0 Å². The summed E-state index contributed by atoms with van der Waals surface area (Å²) in [6.45, 7) is 13.0. The minimum Gasteiger partial charge on any atom is -0.466 e. The summed E-state index contributed by atoms with van der Waals surface area (Å²) in [5.74, 6) is 0.0430. The normalized spacial score (nSPS) is 11.2. The third kappa shape index (κ3) is 43.5. The molecular formula is C49H98N2O5. The number of amides is 1. The Hall–Kier alpha value is -1.63. The van der Waals surface area contributed by atoms with Crippen LogP contribution in [-0.4, -0.2) is 61.6 Å². The van der Waals surface area contributed by atoms with E-state index in [1.807, 2.05) is 0 Å². The fourth-order valence-electron chi connectivity index (χ4n) is 7.46. The van der Waals surface area contributed by atoms with E-state index in [4.69, 9.17) is 9.47 Å². The third-order valence-corrected chi connectivity index (χ3v) is 11.1. The highest BCUT2D eigenvalue weighted by Crippen LogP contribution is 2.19. The van der Waals surface area contributed by atoms with Crippen LogP contribution >= 0.6 is 0 Å². The van der Waals surface area contributed by atoms with Crippen molar-refractivity contribution in [3.63, 3.8) is 0 Å². The van der Waals surface area contributed by atoms with Crippen molar-refractivity contribution in [3.05, 3.63) is 0 Å². The van der Waals surface area contributed by atoms with Crippen LogP contribution < -0.4 is 5.32 Å². The third-order valence-electron chi connectivity index (χ3n) is 11.1. The Kier molecular flexibility index (Phi) is 46.4. The number of hydrogen-bond acceptors (Lipinski definition) is 6. The lowest BCUT2D eigenvalue weighted by Gasteiger charge is -2.22. The first-order chi connectivity index (χ1) is 26.9. The van der Waals surface area contributed by atoms with E-state index in [1.165, 1.54) is 154 Å². The summed E-state index contributed by atoms with van der Waals surface area (Å²) in [5.41, 5.74) is 0. The van der Waals surface area contributed by atoms with Crippen LogP contribution in [0.1, 0.15) is 260 Å². The van der Waals surface area contributed by atoms with Crippen molar-refractivity contribution in [2.45, 2.75) is 266 Å². The Morgan fingerprint density at radius 3 is 1.30 bits per heavy atom. The Morgan fingerprint density at radius 2 is 0.839 bits per heavy atom. The molecule has 0 saturated carbocycles. The monoisotopic (exact) mass is 795 g/mol. The van der Waals surface area contributed by atoms with Gasteiger partial charge in [-0.25, -0.2) is 0 Å². The van der Waals surface area contributed by atoms with Gasteiger partial charge in [0.1, 0.15) is 6.10 Å². The number of nitrogens with one attached hydrogen (secondary N) is 1. The van der Waals surface area contributed by atoms with Gasteiger partial charge in [0, 0.05) is 26.3 Å². The van der Waals surface area contributed by atoms with Crippen molar-refractivity contribution in [2.75, 3.05) is 32.8 Å². The maximum Gasteiger partial charge on any atom is 0.306 e. The van der Waals surface area contributed by atoms with Crippen LogP contribution in [0.3, 0.4) is 0 Å². The van der Waals surface area contributed by atoms with E-state index >= 15 is 0 Å². The van der Waals surface area contributed by atoms with Gasteiger partial charge in [0.05, 0.1) is 6.61 Å². The largest absolute Gasteiger partial charge is 0.466 e. The number of carbonyl (C=O) groups is 3. The number of hydrogen-bond donors (Lipinski definition) is 1. The second-order valence-electron chi connectivity index (χ2n) is 16.6. The lowest BCUT2D eigenvalue weighted by atomic mass is 10.0. The van der Waals surface area contributed by atoms with Crippen molar-refractivity contribution in [3.8, 4) is 0 Å². The van der Waals surface area contributed by atoms with Gasteiger partial charge in [0.15, 0.2) is 0 Å². The summed E-state index contributed by atoms with van der Waals surface area (Å²) < 4.78 is 11.5. The van der Waals surface area contributed by atoms with Crippen LogP contribution in [-0.2, 0) is 23.9 Å². The first-order valence-corrected chi connectivity index (χ1v) is 24.2. The van der Waals surface area contributed by atoms with Gasteiger partial charge in [-0.1, -0.05) is 169 Å². The molecule has 334 valence electrons. The molecule has 0 unspecified atom stereocenters. The number of rotatable bonds is 44. The summed E-state index contributed by atoms with van der Waals surface area (Å²) in [7, 11) is 0. The van der Waals surface area contributed by atoms with Gasteiger partial charge in [0.25, 0.3) is 0 Å². The van der Waals surface area contributed by atoms with Crippen molar-refractivity contribution in [1.82, 2.24) is 10.2 Å². The molecule has 0 spiro atoms. The van der Waals surface area contributed by atoms with E-state index in [-0.39, 0.29) is 31.4 Å². The fourth-order valence-corrected chi connectivity index (χ4v) is 7.46. The van der Waals surface area contributed by atoms with Gasteiger partial charge < -0.3 is 19.7 Å². The molecule has 0 fully saturated rings. The average molecular weight is 795 g/mol. The number of ether oxygens (including phenoxy) is 2. The maximum atomic E-state index is 12.8. The summed E-state index contributed by atoms with van der Waals surface area (Å²) in [6.07, 6.45) is 40.6. The van der Waals surface area contributed by atoms with E-state index in [0.29, 0.717) is 19.4 Å². The molecule has 0 heterocycles. The predicted molar refractivity (Wildman–Crippen MR) is 241 cm³/mol. The molecule has 0 aliphatic heterocycles. The first kappa shape index (κ1) is 56.5. The fraction of sp³-hybridized carbons (Fsp3) is 0.939. The van der Waals surface area contributed by atoms with E-state index in [0.717, 1.165) is 84.0 Å². The Morgan fingerprint density at radius 1 is 0.464 bits per heavy atom. The van der Waals surface area contributed by atoms with Crippen molar-refractivity contribution < 1.29 is 23.9 Å². The summed E-state index contributed by atoms with van der Waals surface area (Å²) in [4.78, 5) is 38.7. The highest BCUT2D eigenvalue weighted by molar-refractivity contribution is 5.72. The molecule has 0 saturated heterocycles. The van der Waals surface area contributed by atoms with Crippen LogP contribution in [0.2, 0.25) is 0 Å². The van der Waals surface area contributed by atoms with Crippen molar-refractivity contribution in [2.24, 2.45) is 0 Å². The minimum atomic E-state index is -0.0254. The summed E-state index contributed by atoms with van der Waals surface area (Å²) >= 11 is 0. The molecule has 0 aliphatic carbocycles. The SMILES string of the molecule is C.CCCCCCCCCOC(=O)CCCCCCCN(CCCCCCCC(=O)OC(CCCCCCCC)CCCCCCCC)CCCCNC(C)=O. The van der Waals surface area contributed by atoms with Crippen molar-refractivity contribution >= 4 is 17.8 Å². The standard InChI is InChI=1S/C48H94N2O5.CH4/c1-5-8-11-14-17-26-35-44-54-47(52)38-29-22-18-24-32-41-50(43-34-31-40-49-45(4)51)42-33-25-19-23-30-39-48(53)55-46(36-27-20-15-12-9-6-2)37-28-21-16-13-10-7-3;/h46H,5-44H2,1-4H3,(H,49,51);1H4. The number of esters is 2. The van der Waals surface area contributed by atoms with Crippen molar-refractivity contribution in [1.29, 1.82) is 0 Å². The molecule has 0 bridgehead atoms. The van der Waals surface area contributed by atoms with E-state index in [9.17, 15) is 14.4 Å². The predicted octanol–water partition coefficient (Wildman–Crippen LogP) is 14.2. The topological polar surface area (TPSA) is 84.9 Å². The summed E-state index contributed by atoms with van der Waals surface area (Å²) in [5, 5.41) is 2.93. The number of nitrogens with zero attached hydrogens (tertiary/aromatic N) is 1. The van der Waals surface area contributed by atoms with E-state index in [2.05, 4.69) is 31.0 Å². The quantitative estimate of drug-likeness (QED) is 0.0488. The zero-order valence-electron chi connectivity index (χ0n) is 37.4. The zero-order valence-corrected chi connectivity index (χ0v) is 37.4. The molecule has 0 aliphatic rings. The lowest BCUT2D eigenvalue weighted by molar-refractivity contribution is -0.150. The molecule has 0 radical (unpaired) electrons. The van der Waals surface area contributed by atoms with Gasteiger partial charge in [-0.3, -0.25) is 14.4 Å². The van der Waals surface area contributed by atoms with Crippen LogP contribution in [0.15, 0.2) is 0 Å². The molecule has 7 heteroatoms. The van der Waals surface area contributed by atoms with Gasteiger partial charge in [-0.05, 0) is 90.3 Å². The Bertz CT molecular complexity index is 821. The average Bonchev–Trinajstić information content (AvgIpc) is 3.16. The van der Waals surface area contributed by atoms with Crippen LogP contribution in [0.4, 0.5) is 0 Å². The minimum absolute atomic E-state index is 0. The highest BCUT2D eigenvalue weighted by Gasteiger charge is 2.14. The second kappa shape index (κ2) is 46.1. The second-order valence-corrected chi connectivity index (χ2v) is 16.6. The zero-order chi connectivity index (χ0) is 40.3. The maximum absolute atomic E-state index is 12.8. The number of carbonyl (C=O) groups excluding carboxylic acids is 3. The lowest BCUT2D eigenvalue weighted by Crippen LogP contribution is -2.28. The van der Waals surface area contributed by atoms with Gasteiger partial charge in [-0.2, -0.15) is 0 Å². The van der Waals surface area contributed by atoms with Gasteiger partial charge in [-0.15, -0.1) is 0 Å². The highest BCUT2D eigenvalue weighted by atomic mass is 16.5. The van der Waals surface area contributed by atoms with Gasteiger partial charge >= 0.3 is 11.9 Å². The van der Waals surface area contributed by atoms with E-state index < -0.39 is 0 Å². The molecule has 0 aromatic carbocycles. The van der Waals surface area contributed by atoms with Crippen LogP contribution in [0.5, 0.6) is 0 Å². The van der Waals surface area contributed by atoms with E-state index in [1.54, 1.807) is 6.92 Å². The van der Waals surface area contributed by atoms with Gasteiger partial charge in [0.2, 0.25) is 5.91 Å². The smallest absolute Gasteiger partial charge is 0.306 e. The number of unbranched alkanes of at least 4 members (excludes halogenated alkanes) is 25. The molecule has 0 aromatic heterocycles. The molecule has 56 heavy (non-hydrogen) atoms. The Labute approximate surface area is 349 Å².